The van der Waals surface area contributed by atoms with Crippen molar-refractivity contribution in [3.05, 3.63) is 35.9 Å². The maximum atomic E-state index is 3.62. The molecular formula is C17H30N2. The van der Waals surface area contributed by atoms with E-state index in [9.17, 15) is 0 Å². The molecule has 0 radical (unpaired) electrons. The summed E-state index contributed by atoms with van der Waals surface area (Å²) in [6.45, 7) is 12.4. The summed E-state index contributed by atoms with van der Waals surface area (Å²) in [6, 6.07) is 11.2. The van der Waals surface area contributed by atoms with Gasteiger partial charge in [-0.15, -0.1) is 0 Å². The number of nitrogens with zero attached hydrogens (tertiary/aromatic N) is 1. The van der Waals surface area contributed by atoms with E-state index < -0.39 is 0 Å². The van der Waals surface area contributed by atoms with Gasteiger partial charge in [0.2, 0.25) is 0 Å². The van der Waals surface area contributed by atoms with E-state index in [1.54, 1.807) is 0 Å². The molecule has 108 valence electrons. The van der Waals surface area contributed by atoms with Gasteiger partial charge in [-0.05, 0) is 37.9 Å². The molecule has 0 aliphatic carbocycles. The molecule has 1 rings (SSSR count). The van der Waals surface area contributed by atoms with Crippen LogP contribution in [-0.2, 0) is 6.54 Å². The monoisotopic (exact) mass is 262 g/mol. The summed E-state index contributed by atoms with van der Waals surface area (Å²) in [4.78, 5) is 2.42. The van der Waals surface area contributed by atoms with E-state index in [1.807, 2.05) is 0 Å². The summed E-state index contributed by atoms with van der Waals surface area (Å²) in [6.07, 6.45) is 1.19. The highest BCUT2D eigenvalue weighted by Gasteiger charge is 2.26. The van der Waals surface area contributed by atoms with Crippen LogP contribution in [0.15, 0.2) is 30.3 Å². The number of nitrogens with one attached hydrogen (secondary N) is 1. The largest absolute Gasteiger partial charge is 0.314 e. The number of hydrogen-bond donors (Lipinski definition) is 1. The minimum atomic E-state index is 0.276. The van der Waals surface area contributed by atoms with Crippen molar-refractivity contribution in [1.29, 1.82) is 0 Å². The van der Waals surface area contributed by atoms with Crippen LogP contribution in [0.3, 0.4) is 0 Å². The highest BCUT2D eigenvalue weighted by molar-refractivity contribution is 5.14. The molecule has 19 heavy (non-hydrogen) atoms. The molecule has 0 saturated carbocycles. The van der Waals surface area contributed by atoms with E-state index in [-0.39, 0.29) is 5.41 Å². The zero-order valence-corrected chi connectivity index (χ0v) is 13.2. The Bertz CT molecular complexity index is 346. The van der Waals surface area contributed by atoms with E-state index in [0.717, 1.165) is 19.6 Å². The third kappa shape index (κ3) is 5.75. The molecule has 1 unspecified atom stereocenters. The first-order chi connectivity index (χ1) is 8.95. The molecule has 2 heteroatoms. The molecule has 1 atom stereocenters. The zero-order chi connectivity index (χ0) is 14.3. The summed E-state index contributed by atoms with van der Waals surface area (Å²) in [5.41, 5.74) is 1.66. The standard InChI is InChI=1S/C17H30N2/c1-6-12-18-15(2)17(3,4)14-19(5)13-16-10-8-7-9-11-16/h7-11,15,18H,6,12-14H2,1-5H3. The third-order valence-corrected chi connectivity index (χ3v) is 3.85. The van der Waals surface area contributed by atoms with Gasteiger partial charge in [-0.3, -0.25) is 0 Å². The third-order valence-electron chi connectivity index (χ3n) is 3.85. The second-order valence-electron chi connectivity index (χ2n) is 6.32. The second kappa shape index (κ2) is 7.66. The number of rotatable bonds is 8. The van der Waals surface area contributed by atoms with Crippen LogP contribution in [0.5, 0.6) is 0 Å². The summed E-state index contributed by atoms with van der Waals surface area (Å²) in [5, 5.41) is 3.62. The first-order valence-corrected chi connectivity index (χ1v) is 7.41. The molecule has 2 nitrogen and oxygen atoms in total. The van der Waals surface area contributed by atoms with Crippen LogP contribution in [-0.4, -0.2) is 31.1 Å². The topological polar surface area (TPSA) is 15.3 Å². The molecule has 0 amide bonds. The lowest BCUT2D eigenvalue weighted by atomic mass is 9.84. The van der Waals surface area contributed by atoms with Crippen molar-refractivity contribution in [2.45, 2.75) is 46.7 Å². The average molecular weight is 262 g/mol. The van der Waals surface area contributed by atoms with Crippen molar-refractivity contribution in [2.24, 2.45) is 5.41 Å². The lowest BCUT2D eigenvalue weighted by Gasteiger charge is -2.36. The normalized spacial score (nSPS) is 13.8. The van der Waals surface area contributed by atoms with Gasteiger partial charge in [0.05, 0.1) is 0 Å². The Morgan fingerprint density at radius 1 is 1.21 bits per heavy atom. The lowest BCUT2D eigenvalue weighted by Crippen LogP contribution is -2.46. The number of benzene rings is 1. The maximum absolute atomic E-state index is 3.62. The van der Waals surface area contributed by atoms with Gasteiger partial charge >= 0.3 is 0 Å². The van der Waals surface area contributed by atoms with Crippen molar-refractivity contribution >= 4 is 0 Å². The average Bonchev–Trinajstić information content (AvgIpc) is 2.36. The summed E-state index contributed by atoms with van der Waals surface area (Å²) >= 11 is 0. The van der Waals surface area contributed by atoms with Crippen LogP contribution in [0.2, 0.25) is 0 Å². The van der Waals surface area contributed by atoms with E-state index in [2.05, 4.69) is 75.3 Å². The minimum Gasteiger partial charge on any atom is -0.314 e. The second-order valence-corrected chi connectivity index (χ2v) is 6.32. The molecule has 0 aliphatic heterocycles. The first kappa shape index (κ1) is 16.2. The van der Waals surface area contributed by atoms with E-state index in [0.29, 0.717) is 6.04 Å². The van der Waals surface area contributed by atoms with Crippen LogP contribution >= 0.6 is 0 Å². The molecule has 1 aromatic rings. The smallest absolute Gasteiger partial charge is 0.0230 e. The van der Waals surface area contributed by atoms with Crippen LogP contribution in [0.25, 0.3) is 0 Å². The SMILES string of the molecule is CCCNC(C)C(C)(C)CN(C)Cc1ccccc1. The molecule has 0 aromatic heterocycles. The molecule has 0 saturated heterocycles. The van der Waals surface area contributed by atoms with Gasteiger partial charge in [-0.25, -0.2) is 0 Å². The zero-order valence-electron chi connectivity index (χ0n) is 13.2. The van der Waals surface area contributed by atoms with Crippen molar-refractivity contribution in [2.75, 3.05) is 20.1 Å². The van der Waals surface area contributed by atoms with E-state index in [1.165, 1.54) is 12.0 Å². The minimum absolute atomic E-state index is 0.276. The molecule has 0 spiro atoms. The molecule has 0 aliphatic rings. The van der Waals surface area contributed by atoms with Gasteiger partial charge in [0.15, 0.2) is 0 Å². The van der Waals surface area contributed by atoms with E-state index in [4.69, 9.17) is 0 Å². The summed E-state index contributed by atoms with van der Waals surface area (Å²) < 4.78 is 0. The molecule has 1 aromatic carbocycles. The molecule has 0 bridgehead atoms. The van der Waals surface area contributed by atoms with Crippen molar-refractivity contribution < 1.29 is 0 Å². The summed E-state index contributed by atoms with van der Waals surface area (Å²) in [5.74, 6) is 0. The molecular weight excluding hydrogens is 232 g/mol. The Hall–Kier alpha value is -0.860. The Labute approximate surface area is 119 Å². The highest BCUT2D eigenvalue weighted by atomic mass is 15.1. The van der Waals surface area contributed by atoms with Gasteiger partial charge in [-0.1, -0.05) is 51.1 Å². The number of hydrogen-bond acceptors (Lipinski definition) is 2. The van der Waals surface area contributed by atoms with Gasteiger partial charge in [-0.2, -0.15) is 0 Å². The lowest BCUT2D eigenvalue weighted by molar-refractivity contribution is 0.160. The van der Waals surface area contributed by atoms with Crippen LogP contribution in [0.1, 0.15) is 39.7 Å². The van der Waals surface area contributed by atoms with Crippen LogP contribution in [0, 0.1) is 5.41 Å². The molecule has 0 fully saturated rings. The van der Waals surface area contributed by atoms with Gasteiger partial charge < -0.3 is 10.2 Å². The van der Waals surface area contributed by atoms with E-state index >= 15 is 0 Å². The summed E-state index contributed by atoms with van der Waals surface area (Å²) in [7, 11) is 2.21. The Morgan fingerprint density at radius 2 is 1.84 bits per heavy atom. The predicted molar refractivity (Wildman–Crippen MR) is 84.3 cm³/mol. The van der Waals surface area contributed by atoms with Crippen molar-refractivity contribution in [3.63, 3.8) is 0 Å². The van der Waals surface area contributed by atoms with Crippen LogP contribution in [0.4, 0.5) is 0 Å². The quantitative estimate of drug-likeness (QED) is 0.771. The van der Waals surface area contributed by atoms with Gasteiger partial charge in [0.1, 0.15) is 0 Å². The Morgan fingerprint density at radius 3 is 2.42 bits per heavy atom. The fourth-order valence-corrected chi connectivity index (χ4v) is 2.42. The van der Waals surface area contributed by atoms with Crippen molar-refractivity contribution in [1.82, 2.24) is 10.2 Å². The van der Waals surface area contributed by atoms with Crippen LogP contribution < -0.4 is 5.32 Å². The Kier molecular flexibility index (Phi) is 6.53. The molecule has 0 heterocycles. The Balaban J connectivity index is 2.47. The fraction of sp³-hybridized carbons (Fsp3) is 0.647. The van der Waals surface area contributed by atoms with Gasteiger partial charge in [0, 0.05) is 19.1 Å². The predicted octanol–water partition coefficient (Wildman–Crippen LogP) is 3.53. The first-order valence-electron chi connectivity index (χ1n) is 7.41. The fourth-order valence-electron chi connectivity index (χ4n) is 2.42. The molecule has 1 N–H and O–H groups in total. The highest BCUT2D eigenvalue weighted by Crippen LogP contribution is 2.22. The van der Waals surface area contributed by atoms with Gasteiger partial charge in [0.25, 0.3) is 0 Å². The maximum Gasteiger partial charge on any atom is 0.0230 e. The van der Waals surface area contributed by atoms with Crippen molar-refractivity contribution in [3.8, 4) is 0 Å².